The molecule has 0 aliphatic heterocycles. The molecule has 1 rings (SSSR count). The Kier molecular flexibility index (Phi) is 6.34. The minimum absolute atomic E-state index is 0.0850. The van der Waals surface area contributed by atoms with Gasteiger partial charge in [0.25, 0.3) is 0 Å². The molecule has 1 aliphatic carbocycles. The first kappa shape index (κ1) is 14.8. The monoisotopic (exact) mass is 259 g/mol. The van der Waals surface area contributed by atoms with Crippen LogP contribution in [-0.4, -0.2) is 36.7 Å². The zero-order chi connectivity index (χ0) is 12.8. The Hall–Kier alpha value is -0.220. The van der Waals surface area contributed by atoms with Crippen LogP contribution in [0.4, 0.5) is 0 Å². The van der Waals surface area contributed by atoms with Crippen LogP contribution in [0.15, 0.2) is 0 Å². The van der Waals surface area contributed by atoms with E-state index in [0.29, 0.717) is 29.6 Å². The highest BCUT2D eigenvalue weighted by molar-refractivity contribution is 8.00. The van der Waals surface area contributed by atoms with Crippen LogP contribution in [0.3, 0.4) is 0 Å². The summed E-state index contributed by atoms with van der Waals surface area (Å²) in [7, 11) is 2.02. The lowest BCUT2D eigenvalue weighted by Gasteiger charge is -2.39. The molecule has 3 nitrogen and oxygen atoms in total. The Morgan fingerprint density at radius 3 is 2.71 bits per heavy atom. The molecule has 0 amide bonds. The molecule has 0 bridgehead atoms. The molecule has 0 aromatic heterocycles. The minimum atomic E-state index is -0.0850. The number of hydrogen-bond acceptors (Lipinski definition) is 4. The van der Waals surface area contributed by atoms with E-state index in [9.17, 15) is 4.79 Å². The van der Waals surface area contributed by atoms with Crippen molar-refractivity contribution in [3.8, 4) is 0 Å². The van der Waals surface area contributed by atoms with Gasteiger partial charge in [-0.25, -0.2) is 0 Å². The number of carbonyl (C=O) groups excluding carboxylic acids is 1. The summed E-state index contributed by atoms with van der Waals surface area (Å²) < 4.78 is 4.98. The lowest BCUT2D eigenvalue weighted by molar-refractivity contribution is -0.139. The van der Waals surface area contributed by atoms with E-state index < -0.39 is 0 Å². The first-order valence-electron chi connectivity index (χ1n) is 6.52. The fourth-order valence-electron chi connectivity index (χ4n) is 2.76. The van der Waals surface area contributed by atoms with E-state index in [1.165, 1.54) is 12.8 Å². The molecule has 0 saturated heterocycles. The van der Waals surface area contributed by atoms with Crippen LogP contribution in [0, 0.1) is 11.8 Å². The van der Waals surface area contributed by atoms with Crippen molar-refractivity contribution in [2.75, 3.05) is 19.4 Å². The van der Waals surface area contributed by atoms with E-state index in [2.05, 4.69) is 19.2 Å². The fourth-order valence-corrected chi connectivity index (χ4v) is 4.09. The second-order valence-corrected chi connectivity index (χ2v) is 6.20. The highest BCUT2D eigenvalue weighted by atomic mass is 32.2. The molecule has 0 heterocycles. The molecule has 1 aliphatic rings. The SMILES string of the molecule is CCOC(=O)CSC1C(C)CC(C)CC1NC. The van der Waals surface area contributed by atoms with E-state index in [1.54, 1.807) is 11.8 Å². The van der Waals surface area contributed by atoms with E-state index in [-0.39, 0.29) is 5.97 Å². The smallest absolute Gasteiger partial charge is 0.315 e. The van der Waals surface area contributed by atoms with Gasteiger partial charge in [-0.3, -0.25) is 4.79 Å². The molecular weight excluding hydrogens is 234 g/mol. The maximum Gasteiger partial charge on any atom is 0.315 e. The normalized spacial score (nSPS) is 33.4. The first-order valence-corrected chi connectivity index (χ1v) is 7.57. The van der Waals surface area contributed by atoms with Crippen molar-refractivity contribution in [1.29, 1.82) is 0 Å². The Bertz CT molecular complexity index is 248. The standard InChI is InChI=1S/C13H25NO2S/c1-5-16-12(15)8-17-13-10(3)6-9(2)7-11(13)14-4/h9-11,13-14H,5-8H2,1-4H3. The molecule has 1 saturated carbocycles. The molecule has 4 unspecified atom stereocenters. The summed E-state index contributed by atoms with van der Waals surface area (Å²) in [6.07, 6.45) is 2.47. The Morgan fingerprint density at radius 2 is 2.12 bits per heavy atom. The summed E-state index contributed by atoms with van der Waals surface area (Å²) in [6.45, 7) is 6.94. The van der Waals surface area contributed by atoms with Crippen molar-refractivity contribution in [3.05, 3.63) is 0 Å². The largest absolute Gasteiger partial charge is 0.465 e. The Labute approximate surface area is 109 Å². The topological polar surface area (TPSA) is 38.3 Å². The van der Waals surface area contributed by atoms with Crippen LogP contribution < -0.4 is 5.32 Å². The quantitative estimate of drug-likeness (QED) is 0.769. The molecule has 100 valence electrons. The van der Waals surface area contributed by atoms with E-state index in [4.69, 9.17) is 4.74 Å². The summed E-state index contributed by atoms with van der Waals surface area (Å²) >= 11 is 1.75. The third-order valence-corrected chi connectivity index (χ3v) is 5.04. The van der Waals surface area contributed by atoms with Crippen molar-refractivity contribution in [2.24, 2.45) is 11.8 Å². The molecule has 4 atom stereocenters. The van der Waals surface area contributed by atoms with E-state index >= 15 is 0 Å². The summed E-state index contributed by atoms with van der Waals surface area (Å²) in [4.78, 5) is 11.4. The summed E-state index contributed by atoms with van der Waals surface area (Å²) in [5, 5.41) is 3.93. The maximum atomic E-state index is 11.4. The van der Waals surface area contributed by atoms with Crippen LogP contribution in [0.1, 0.15) is 33.6 Å². The molecule has 0 spiro atoms. The van der Waals surface area contributed by atoms with Crippen LogP contribution in [0.2, 0.25) is 0 Å². The molecular formula is C13H25NO2S. The zero-order valence-electron chi connectivity index (χ0n) is 11.4. The number of thioether (sulfide) groups is 1. The van der Waals surface area contributed by atoms with Gasteiger partial charge >= 0.3 is 5.97 Å². The van der Waals surface area contributed by atoms with Gasteiger partial charge in [0.2, 0.25) is 0 Å². The van der Waals surface area contributed by atoms with E-state index in [1.807, 2.05) is 14.0 Å². The number of ether oxygens (including phenoxy) is 1. The van der Waals surface area contributed by atoms with Gasteiger partial charge in [0.1, 0.15) is 0 Å². The summed E-state index contributed by atoms with van der Waals surface area (Å²) in [5.41, 5.74) is 0. The van der Waals surface area contributed by atoms with Crippen LogP contribution in [0.25, 0.3) is 0 Å². The number of nitrogens with one attached hydrogen (secondary N) is 1. The zero-order valence-corrected chi connectivity index (χ0v) is 12.2. The Morgan fingerprint density at radius 1 is 1.41 bits per heavy atom. The fraction of sp³-hybridized carbons (Fsp3) is 0.923. The van der Waals surface area contributed by atoms with Crippen LogP contribution in [0.5, 0.6) is 0 Å². The maximum absolute atomic E-state index is 11.4. The summed E-state index contributed by atoms with van der Waals surface area (Å²) in [5.74, 6) is 1.84. The van der Waals surface area contributed by atoms with Crippen LogP contribution >= 0.6 is 11.8 Å². The molecule has 17 heavy (non-hydrogen) atoms. The van der Waals surface area contributed by atoms with E-state index in [0.717, 1.165) is 5.92 Å². The molecule has 1 N–H and O–H groups in total. The average Bonchev–Trinajstić information content (AvgIpc) is 2.27. The highest BCUT2D eigenvalue weighted by Gasteiger charge is 2.33. The number of esters is 1. The third kappa shape index (κ3) is 4.51. The average molecular weight is 259 g/mol. The lowest BCUT2D eigenvalue weighted by Crippen LogP contribution is -2.45. The van der Waals surface area contributed by atoms with Gasteiger partial charge in [0.05, 0.1) is 12.4 Å². The molecule has 0 aromatic rings. The van der Waals surface area contributed by atoms with Gasteiger partial charge in [-0.05, 0) is 38.6 Å². The van der Waals surface area contributed by atoms with Gasteiger partial charge < -0.3 is 10.1 Å². The highest BCUT2D eigenvalue weighted by Crippen LogP contribution is 2.36. The van der Waals surface area contributed by atoms with Gasteiger partial charge in [0.15, 0.2) is 0 Å². The molecule has 1 fully saturated rings. The number of hydrogen-bond donors (Lipinski definition) is 1. The second-order valence-electron chi connectivity index (χ2n) is 5.03. The molecule has 0 aromatic carbocycles. The van der Waals surface area contributed by atoms with Crippen LogP contribution in [-0.2, 0) is 9.53 Å². The Balaban J connectivity index is 2.46. The lowest BCUT2D eigenvalue weighted by atomic mass is 9.80. The summed E-state index contributed by atoms with van der Waals surface area (Å²) in [6, 6.07) is 0.521. The van der Waals surface area contributed by atoms with Crippen molar-refractivity contribution >= 4 is 17.7 Å². The first-order chi connectivity index (χ1) is 8.08. The van der Waals surface area contributed by atoms with Crippen molar-refractivity contribution in [3.63, 3.8) is 0 Å². The van der Waals surface area contributed by atoms with Crippen molar-refractivity contribution in [2.45, 2.75) is 44.9 Å². The second kappa shape index (κ2) is 7.27. The van der Waals surface area contributed by atoms with Gasteiger partial charge in [0, 0.05) is 11.3 Å². The molecule has 0 radical (unpaired) electrons. The van der Waals surface area contributed by atoms with Crippen molar-refractivity contribution in [1.82, 2.24) is 5.32 Å². The molecule has 4 heteroatoms. The van der Waals surface area contributed by atoms with Gasteiger partial charge in [-0.1, -0.05) is 13.8 Å². The van der Waals surface area contributed by atoms with Crippen molar-refractivity contribution < 1.29 is 9.53 Å². The number of rotatable bonds is 5. The number of carbonyl (C=O) groups is 1. The van der Waals surface area contributed by atoms with Gasteiger partial charge in [-0.2, -0.15) is 0 Å². The predicted molar refractivity (Wildman–Crippen MR) is 73.3 cm³/mol. The van der Waals surface area contributed by atoms with Gasteiger partial charge in [-0.15, -0.1) is 11.8 Å². The predicted octanol–water partition coefficient (Wildman–Crippen LogP) is 2.31. The third-order valence-electron chi connectivity index (χ3n) is 3.46. The minimum Gasteiger partial charge on any atom is -0.465 e.